The van der Waals surface area contributed by atoms with E-state index in [0.29, 0.717) is 36.2 Å². The molecule has 0 radical (unpaired) electrons. The molecule has 0 saturated carbocycles. The number of likely N-dealkylation sites (tertiary alicyclic amines) is 1. The largest absolute Gasteiger partial charge is 0.337 e. The number of aryl methyl sites for hydroxylation is 1. The summed E-state index contributed by atoms with van der Waals surface area (Å²) in [5, 5.41) is 0. The molecule has 0 aliphatic carbocycles. The van der Waals surface area contributed by atoms with Crippen molar-refractivity contribution in [2.45, 2.75) is 43.7 Å². The zero-order chi connectivity index (χ0) is 18.2. The molecular weight excluding hydrogens is 334 g/mol. The van der Waals surface area contributed by atoms with E-state index in [1.807, 2.05) is 12.3 Å². The molecule has 1 amide bonds. The Hall–Kier alpha value is -2.20. The SMILES string of the molecule is O=C(CCc1cccnc1)N1C[C@H](c2ccccc2)[C@@H]2[C@H]1C1CCN2CC1. The fraction of sp³-hybridized carbons (Fsp3) is 0.478. The molecule has 4 saturated heterocycles. The molecule has 4 aliphatic rings. The first kappa shape index (κ1) is 16.9. The second-order valence-electron chi connectivity index (χ2n) is 8.28. The second kappa shape index (κ2) is 7.08. The molecule has 4 nitrogen and oxygen atoms in total. The van der Waals surface area contributed by atoms with Crippen molar-refractivity contribution in [2.24, 2.45) is 5.92 Å². The monoisotopic (exact) mass is 361 g/mol. The fourth-order valence-electron chi connectivity index (χ4n) is 5.64. The summed E-state index contributed by atoms with van der Waals surface area (Å²) in [5.74, 6) is 1.44. The summed E-state index contributed by atoms with van der Waals surface area (Å²) >= 11 is 0. The summed E-state index contributed by atoms with van der Waals surface area (Å²) in [6.45, 7) is 3.28. The van der Waals surface area contributed by atoms with Gasteiger partial charge in [0, 0.05) is 37.3 Å². The van der Waals surface area contributed by atoms with Crippen LogP contribution in [0.2, 0.25) is 0 Å². The smallest absolute Gasteiger partial charge is 0.223 e. The second-order valence-corrected chi connectivity index (χ2v) is 8.28. The highest BCUT2D eigenvalue weighted by Gasteiger charge is 2.54. The number of nitrogens with zero attached hydrogens (tertiary/aromatic N) is 3. The van der Waals surface area contributed by atoms with Crippen molar-refractivity contribution in [3.63, 3.8) is 0 Å². The van der Waals surface area contributed by atoms with Gasteiger partial charge in [-0.15, -0.1) is 0 Å². The minimum atomic E-state index is 0.320. The van der Waals surface area contributed by atoms with E-state index < -0.39 is 0 Å². The number of benzene rings is 1. The number of pyridine rings is 1. The Bertz CT molecular complexity index is 786. The predicted molar refractivity (Wildman–Crippen MR) is 105 cm³/mol. The van der Waals surface area contributed by atoms with Crippen LogP contribution in [0.5, 0.6) is 0 Å². The van der Waals surface area contributed by atoms with Crippen LogP contribution in [0, 0.1) is 5.92 Å². The molecule has 4 aliphatic heterocycles. The molecule has 0 unspecified atom stereocenters. The van der Waals surface area contributed by atoms with Gasteiger partial charge in [-0.3, -0.25) is 14.7 Å². The summed E-state index contributed by atoms with van der Waals surface area (Å²) in [6.07, 6.45) is 7.52. The molecule has 0 N–H and O–H groups in total. The van der Waals surface area contributed by atoms with Gasteiger partial charge >= 0.3 is 0 Å². The number of piperidine rings is 3. The lowest BCUT2D eigenvalue weighted by Gasteiger charge is -2.51. The van der Waals surface area contributed by atoms with Gasteiger partial charge in [0.1, 0.15) is 0 Å². The number of carbonyl (C=O) groups is 1. The standard InChI is InChI=1S/C23H27N3O/c27-21(9-8-17-5-4-12-24-15-17)26-16-20(18-6-2-1-3-7-18)23-22(26)19-10-13-25(23)14-11-19/h1-7,12,15,19-20,22-23H,8-11,13-14,16H2/t20-,22-,23-/m1/s1. The quantitative estimate of drug-likeness (QED) is 0.840. The van der Waals surface area contributed by atoms with Gasteiger partial charge in [-0.25, -0.2) is 0 Å². The molecule has 1 aromatic heterocycles. The first-order valence-corrected chi connectivity index (χ1v) is 10.3. The molecule has 0 spiro atoms. The Morgan fingerprint density at radius 1 is 1.04 bits per heavy atom. The summed E-state index contributed by atoms with van der Waals surface area (Å²) in [6, 6.07) is 15.8. The van der Waals surface area contributed by atoms with E-state index in [1.54, 1.807) is 6.20 Å². The third-order valence-corrected chi connectivity index (χ3v) is 6.89. The van der Waals surface area contributed by atoms with Gasteiger partial charge in [-0.2, -0.15) is 0 Å². The Morgan fingerprint density at radius 2 is 1.85 bits per heavy atom. The maximum Gasteiger partial charge on any atom is 0.223 e. The molecule has 140 valence electrons. The predicted octanol–water partition coefficient (Wildman–Crippen LogP) is 3.10. The van der Waals surface area contributed by atoms with Gasteiger partial charge in [0.15, 0.2) is 0 Å². The molecule has 4 heteroatoms. The third kappa shape index (κ3) is 3.06. The van der Waals surface area contributed by atoms with Gasteiger partial charge < -0.3 is 4.90 Å². The lowest BCUT2D eigenvalue weighted by atomic mass is 9.75. The van der Waals surface area contributed by atoms with Gasteiger partial charge in [0.05, 0.1) is 6.04 Å². The van der Waals surface area contributed by atoms with E-state index >= 15 is 0 Å². The average Bonchev–Trinajstić information content (AvgIpc) is 3.17. The lowest BCUT2D eigenvalue weighted by Crippen LogP contribution is -2.60. The van der Waals surface area contributed by atoms with E-state index in [2.05, 4.69) is 51.2 Å². The summed E-state index contributed by atoms with van der Waals surface area (Å²) in [7, 11) is 0. The van der Waals surface area contributed by atoms with Crippen molar-refractivity contribution >= 4 is 5.91 Å². The number of fused-ring (bicyclic) bond motifs is 2. The van der Waals surface area contributed by atoms with Crippen LogP contribution >= 0.6 is 0 Å². The molecule has 3 atom stereocenters. The van der Waals surface area contributed by atoms with E-state index in [-0.39, 0.29) is 0 Å². The molecule has 27 heavy (non-hydrogen) atoms. The van der Waals surface area contributed by atoms with Gasteiger partial charge in [0.2, 0.25) is 5.91 Å². The Morgan fingerprint density at radius 3 is 2.59 bits per heavy atom. The van der Waals surface area contributed by atoms with Crippen LogP contribution in [0.3, 0.4) is 0 Å². The van der Waals surface area contributed by atoms with Crippen LogP contribution in [-0.2, 0) is 11.2 Å². The highest BCUT2D eigenvalue weighted by Crippen LogP contribution is 2.46. The van der Waals surface area contributed by atoms with Crippen LogP contribution < -0.4 is 0 Å². The number of amides is 1. The van der Waals surface area contributed by atoms with Crippen LogP contribution in [0.15, 0.2) is 54.9 Å². The van der Waals surface area contributed by atoms with E-state index in [1.165, 1.54) is 31.5 Å². The molecule has 4 fully saturated rings. The molecule has 5 heterocycles. The van der Waals surface area contributed by atoms with Crippen LogP contribution in [0.25, 0.3) is 0 Å². The van der Waals surface area contributed by atoms with Crippen molar-refractivity contribution < 1.29 is 4.79 Å². The zero-order valence-electron chi connectivity index (χ0n) is 15.7. The maximum atomic E-state index is 13.2. The molecule has 2 bridgehead atoms. The topological polar surface area (TPSA) is 36.4 Å². The Kier molecular flexibility index (Phi) is 4.44. The summed E-state index contributed by atoms with van der Waals surface area (Å²) in [4.78, 5) is 22.3. The number of aromatic nitrogens is 1. The van der Waals surface area contributed by atoms with Crippen molar-refractivity contribution in [3.8, 4) is 0 Å². The molecule has 1 aromatic carbocycles. The number of carbonyl (C=O) groups excluding carboxylic acids is 1. The first-order chi connectivity index (χ1) is 13.3. The Labute approximate surface area is 161 Å². The van der Waals surface area contributed by atoms with Crippen molar-refractivity contribution in [1.82, 2.24) is 14.8 Å². The third-order valence-electron chi connectivity index (χ3n) is 6.89. The maximum absolute atomic E-state index is 13.2. The number of hydrogen-bond donors (Lipinski definition) is 0. The van der Waals surface area contributed by atoms with E-state index in [0.717, 1.165) is 18.5 Å². The van der Waals surface area contributed by atoms with E-state index in [4.69, 9.17) is 0 Å². The van der Waals surface area contributed by atoms with Crippen LogP contribution in [0.1, 0.15) is 36.3 Å². The minimum absolute atomic E-state index is 0.320. The number of hydrogen-bond acceptors (Lipinski definition) is 3. The van der Waals surface area contributed by atoms with E-state index in [9.17, 15) is 4.79 Å². The van der Waals surface area contributed by atoms with Crippen LogP contribution in [0.4, 0.5) is 0 Å². The lowest BCUT2D eigenvalue weighted by molar-refractivity contribution is -0.135. The van der Waals surface area contributed by atoms with Gasteiger partial charge in [-0.05, 0) is 55.5 Å². The van der Waals surface area contributed by atoms with Crippen molar-refractivity contribution in [2.75, 3.05) is 19.6 Å². The highest BCUT2D eigenvalue weighted by atomic mass is 16.2. The van der Waals surface area contributed by atoms with Crippen molar-refractivity contribution in [3.05, 3.63) is 66.0 Å². The first-order valence-electron chi connectivity index (χ1n) is 10.3. The zero-order valence-corrected chi connectivity index (χ0v) is 15.7. The molecular formula is C23H27N3O. The molecule has 2 aromatic rings. The normalized spacial score (nSPS) is 31.7. The van der Waals surface area contributed by atoms with Gasteiger partial charge in [0.25, 0.3) is 0 Å². The highest BCUT2D eigenvalue weighted by molar-refractivity contribution is 5.77. The Balaban J connectivity index is 1.38. The minimum Gasteiger partial charge on any atom is -0.337 e. The molecule has 6 rings (SSSR count). The fourth-order valence-corrected chi connectivity index (χ4v) is 5.64. The van der Waals surface area contributed by atoms with Crippen molar-refractivity contribution in [1.29, 1.82) is 0 Å². The van der Waals surface area contributed by atoms with Gasteiger partial charge in [-0.1, -0.05) is 36.4 Å². The van der Waals surface area contributed by atoms with Crippen LogP contribution in [-0.4, -0.2) is 52.4 Å². The summed E-state index contributed by atoms with van der Waals surface area (Å²) in [5.41, 5.74) is 2.54. The number of rotatable bonds is 4. The summed E-state index contributed by atoms with van der Waals surface area (Å²) < 4.78 is 0. The average molecular weight is 361 g/mol.